The molecule has 3 atom stereocenters. The number of rotatable bonds is 6. The highest BCUT2D eigenvalue weighted by Gasteiger charge is 2.30. The predicted molar refractivity (Wildman–Crippen MR) is 115 cm³/mol. The molecular formula is C22H30N6O2. The molecule has 2 saturated carbocycles. The van der Waals surface area contributed by atoms with Crippen LogP contribution in [0.15, 0.2) is 29.2 Å². The summed E-state index contributed by atoms with van der Waals surface area (Å²) in [6.45, 7) is 1.69. The number of nitrogens with one attached hydrogen (secondary N) is 1. The van der Waals surface area contributed by atoms with Crippen molar-refractivity contribution in [1.82, 2.24) is 19.7 Å². The highest BCUT2D eigenvalue weighted by Crippen LogP contribution is 2.38. The summed E-state index contributed by atoms with van der Waals surface area (Å²) in [7, 11) is 0. The first-order valence-corrected chi connectivity index (χ1v) is 11.3. The van der Waals surface area contributed by atoms with Gasteiger partial charge in [0.25, 0.3) is 5.56 Å². The molecule has 2 aromatic heterocycles. The van der Waals surface area contributed by atoms with E-state index in [0.717, 1.165) is 62.7 Å². The lowest BCUT2D eigenvalue weighted by Gasteiger charge is -2.37. The molecule has 0 spiro atoms. The molecule has 30 heavy (non-hydrogen) atoms. The van der Waals surface area contributed by atoms with Crippen LogP contribution < -0.4 is 15.8 Å². The van der Waals surface area contributed by atoms with Gasteiger partial charge in [0.05, 0.1) is 12.1 Å². The standard InChI is InChI=1S/C22H30N6O2/c29-18-6-3-5-17(18)28-21(30)10-9-20(26-28)27-13-2-1-4-16(27)14-24-19-11-12-23-22(25-19)15-7-8-15/h9-12,15-18,29H,1-8,13-14H2,(H,23,24,25). The lowest BCUT2D eigenvalue weighted by Crippen LogP contribution is -2.45. The van der Waals surface area contributed by atoms with Crippen LogP contribution in [0.4, 0.5) is 11.6 Å². The number of hydrogen-bond donors (Lipinski definition) is 2. The van der Waals surface area contributed by atoms with Crippen LogP contribution in [0, 0.1) is 0 Å². The van der Waals surface area contributed by atoms with Crippen molar-refractivity contribution in [1.29, 1.82) is 0 Å². The number of aromatic nitrogens is 4. The summed E-state index contributed by atoms with van der Waals surface area (Å²) in [5.41, 5.74) is -0.134. The maximum absolute atomic E-state index is 12.4. The van der Waals surface area contributed by atoms with Crippen LogP contribution in [-0.2, 0) is 0 Å². The molecule has 2 N–H and O–H groups in total. The summed E-state index contributed by atoms with van der Waals surface area (Å²) >= 11 is 0. The largest absolute Gasteiger partial charge is 0.391 e. The smallest absolute Gasteiger partial charge is 0.267 e. The van der Waals surface area contributed by atoms with E-state index >= 15 is 0 Å². The molecule has 0 radical (unpaired) electrons. The normalized spacial score (nSPS) is 26.7. The number of hydrogen-bond acceptors (Lipinski definition) is 7. The van der Waals surface area contributed by atoms with Gasteiger partial charge in [0, 0.05) is 37.3 Å². The highest BCUT2D eigenvalue weighted by molar-refractivity contribution is 5.41. The maximum atomic E-state index is 12.4. The molecule has 1 aliphatic heterocycles. The van der Waals surface area contributed by atoms with Crippen molar-refractivity contribution in [2.45, 2.75) is 75.5 Å². The lowest BCUT2D eigenvalue weighted by atomic mass is 10.0. The Labute approximate surface area is 176 Å². The van der Waals surface area contributed by atoms with Crippen molar-refractivity contribution in [2.24, 2.45) is 0 Å². The SMILES string of the molecule is O=c1ccc(N2CCCCC2CNc2ccnc(C3CC3)n2)nn1C1CCCC1O. The number of aliphatic hydroxyl groups is 1. The summed E-state index contributed by atoms with van der Waals surface area (Å²) in [4.78, 5) is 23.8. The monoisotopic (exact) mass is 410 g/mol. The Bertz CT molecular complexity index is 943. The first-order chi connectivity index (χ1) is 14.7. The second-order valence-corrected chi connectivity index (χ2v) is 8.84. The maximum Gasteiger partial charge on any atom is 0.267 e. The first-order valence-electron chi connectivity index (χ1n) is 11.3. The summed E-state index contributed by atoms with van der Waals surface area (Å²) < 4.78 is 1.51. The van der Waals surface area contributed by atoms with Gasteiger partial charge in [-0.3, -0.25) is 4.79 Å². The molecule has 1 saturated heterocycles. The van der Waals surface area contributed by atoms with Gasteiger partial charge in [0.2, 0.25) is 0 Å². The van der Waals surface area contributed by atoms with E-state index in [-0.39, 0.29) is 17.6 Å². The van der Waals surface area contributed by atoms with E-state index in [2.05, 4.69) is 20.2 Å². The van der Waals surface area contributed by atoms with Crippen LogP contribution in [0.3, 0.4) is 0 Å². The molecule has 8 nitrogen and oxygen atoms in total. The molecule has 2 aliphatic carbocycles. The molecule has 8 heteroatoms. The minimum Gasteiger partial charge on any atom is -0.391 e. The van der Waals surface area contributed by atoms with Gasteiger partial charge in [-0.2, -0.15) is 5.10 Å². The van der Waals surface area contributed by atoms with Crippen LogP contribution in [0.25, 0.3) is 0 Å². The quantitative estimate of drug-likeness (QED) is 0.755. The minimum absolute atomic E-state index is 0.134. The molecule has 5 rings (SSSR count). The third-order valence-corrected chi connectivity index (χ3v) is 6.63. The van der Waals surface area contributed by atoms with Crippen LogP contribution in [0.5, 0.6) is 0 Å². The van der Waals surface area contributed by atoms with E-state index in [1.807, 2.05) is 18.3 Å². The van der Waals surface area contributed by atoms with Gasteiger partial charge in [-0.05, 0) is 63.5 Å². The van der Waals surface area contributed by atoms with Gasteiger partial charge in [-0.1, -0.05) is 0 Å². The Morgan fingerprint density at radius 1 is 1.07 bits per heavy atom. The van der Waals surface area contributed by atoms with Crippen LogP contribution in [-0.4, -0.2) is 50.1 Å². The van der Waals surface area contributed by atoms with E-state index in [9.17, 15) is 9.90 Å². The first kappa shape index (κ1) is 19.5. The molecule has 2 aromatic rings. The minimum atomic E-state index is -0.484. The van der Waals surface area contributed by atoms with E-state index in [1.165, 1.54) is 23.9 Å². The molecule has 3 heterocycles. The Morgan fingerprint density at radius 2 is 1.97 bits per heavy atom. The number of anilines is 2. The van der Waals surface area contributed by atoms with Gasteiger partial charge >= 0.3 is 0 Å². The van der Waals surface area contributed by atoms with Crippen LogP contribution >= 0.6 is 0 Å². The molecular weight excluding hydrogens is 380 g/mol. The summed E-state index contributed by atoms with van der Waals surface area (Å²) in [5, 5.41) is 18.5. The van der Waals surface area contributed by atoms with Crippen molar-refractivity contribution in [3.05, 3.63) is 40.6 Å². The van der Waals surface area contributed by atoms with E-state index < -0.39 is 6.10 Å². The average molecular weight is 411 g/mol. The molecule has 0 bridgehead atoms. The molecule has 3 unspecified atom stereocenters. The van der Waals surface area contributed by atoms with E-state index in [0.29, 0.717) is 5.92 Å². The van der Waals surface area contributed by atoms with Crippen molar-refractivity contribution < 1.29 is 5.11 Å². The van der Waals surface area contributed by atoms with Gasteiger partial charge < -0.3 is 15.3 Å². The molecule has 160 valence electrons. The van der Waals surface area contributed by atoms with Crippen molar-refractivity contribution in [3.8, 4) is 0 Å². The molecule has 0 amide bonds. The third kappa shape index (κ3) is 4.05. The second-order valence-electron chi connectivity index (χ2n) is 8.84. The third-order valence-electron chi connectivity index (χ3n) is 6.63. The fourth-order valence-electron chi connectivity index (χ4n) is 4.76. The van der Waals surface area contributed by atoms with Crippen LogP contribution in [0.2, 0.25) is 0 Å². The van der Waals surface area contributed by atoms with Crippen molar-refractivity contribution in [2.75, 3.05) is 23.3 Å². The summed E-state index contributed by atoms with van der Waals surface area (Å²) in [6.07, 6.45) is 9.58. The number of piperidine rings is 1. The summed E-state index contributed by atoms with van der Waals surface area (Å²) in [5.74, 6) is 3.18. The highest BCUT2D eigenvalue weighted by atomic mass is 16.3. The fourth-order valence-corrected chi connectivity index (χ4v) is 4.76. The fraction of sp³-hybridized carbons (Fsp3) is 0.636. The lowest BCUT2D eigenvalue weighted by molar-refractivity contribution is 0.127. The molecule has 3 aliphatic rings. The zero-order valence-electron chi connectivity index (χ0n) is 17.3. The van der Waals surface area contributed by atoms with Gasteiger partial charge in [0.1, 0.15) is 17.5 Å². The zero-order chi connectivity index (χ0) is 20.5. The Hall–Kier alpha value is -2.48. The van der Waals surface area contributed by atoms with Crippen molar-refractivity contribution >= 4 is 11.6 Å². The topological polar surface area (TPSA) is 96.2 Å². The number of nitrogens with zero attached hydrogens (tertiary/aromatic N) is 5. The van der Waals surface area contributed by atoms with Crippen molar-refractivity contribution in [3.63, 3.8) is 0 Å². The molecule has 0 aromatic carbocycles. The zero-order valence-corrected chi connectivity index (χ0v) is 17.3. The Kier molecular flexibility index (Phi) is 5.41. The summed E-state index contributed by atoms with van der Waals surface area (Å²) in [6, 6.07) is 5.43. The van der Waals surface area contributed by atoms with Gasteiger partial charge in [-0.25, -0.2) is 14.6 Å². The van der Waals surface area contributed by atoms with Gasteiger partial charge in [-0.15, -0.1) is 0 Å². The van der Waals surface area contributed by atoms with E-state index in [4.69, 9.17) is 5.10 Å². The Balaban J connectivity index is 1.32. The van der Waals surface area contributed by atoms with E-state index in [1.54, 1.807) is 6.07 Å². The average Bonchev–Trinajstić information content (AvgIpc) is 3.54. The van der Waals surface area contributed by atoms with Crippen LogP contribution in [0.1, 0.15) is 69.2 Å². The second kappa shape index (κ2) is 8.34. The predicted octanol–water partition coefficient (Wildman–Crippen LogP) is 2.47. The Morgan fingerprint density at radius 3 is 2.77 bits per heavy atom. The molecule has 3 fully saturated rings. The van der Waals surface area contributed by atoms with Gasteiger partial charge in [0.15, 0.2) is 0 Å². The number of aliphatic hydroxyl groups excluding tert-OH is 1.